The number of hydrogen-bond acceptors (Lipinski definition) is 7. The van der Waals surface area contributed by atoms with Crippen LogP contribution in [0.4, 0.5) is 22.0 Å². The Kier molecular flexibility index (Phi) is 10.2. The highest BCUT2D eigenvalue weighted by Crippen LogP contribution is 2.47. The van der Waals surface area contributed by atoms with Crippen LogP contribution in [0.3, 0.4) is 0 Å². The smallest absolute Gasteiger partial charge is 0.248 e. The standard InChI is InChI=1S/C18H20F3N3O.C18H21F2N3O2.CH4/c1-25-15-3-2-12-14-10-22-11-24(14)13(16(12)23-15)4-5-17(19)6-8-18(20,21)9-7-17;1-25-16-3-2-12-14-9-21-10-23(14)13(17(12)22-16)8-15(24)11-4-6-18(19,20)7-5-11;/h2-3,10-11,13H,4-9H2,1H3;2-3,9-11,13,15,24H,4-8H2,1H3;1H4. The van der Waals surface area contributed by atoms with Gasteiger partial charge in [0.25, 0.3) is 0 Å². The van der Waals surface area contributed by atoms with Gasteiger partial charge >= 0.3 is 0 Å². The van der Waals surface area contributed by atoms with Gasteiger partial charge in [-0.3, -0.25) is 0 Å². The van der Waals surface area contributed by atoms with Gasteiger partial charge < -0.3 is 23.7 Å². The molecule has 0 saturated heterocycles. The lowest BCUT2D eigenvalue weighted by Crippen LogP contribution is -2.35. The van der Waals surface area contributed by atoms with Crippen molar-refractivity contribution >= 4 is 0 Å². The van der Waals surface area contributed by atoms with Crippen LogP contribution in [0, 0.1) is 5.92 Å². The first-order valence-corrected chi connectivity index (χ1v) is 17.2. The van der Waals surface area contributed by atoms with Crippen molar-refractivity contribution in [1.82, 2.24) is 29.1 Å². The van der Waals surface area contributed by atoms with E-state index in [4.69, 9.17) is 9.47 Å². The van der Waals surface area contributed by atoms with Gasteiger partial charge in [-0.1, -0.05) is 7.43 Å². The maximum absolute atomic E-state index is 15.0. The molecule has 0 spiro atoms. The first-order valence-electron chi connectivity index (χ1n) is 17.2. The van der Waals surface area contributed by atoms with Crippen LogP contribution in [0.25, 0.3) is 22.5 Å². The first kappa shape index (κ1) is 36.7. The van der Waals surface area contributed by atoms with E-state index in [0.717, 1.165) is 33.9 Å². The van der Waals surface area contributed by atoms with Crippen LogP contribution >= 0.6 is 0 Å². The number of halogens is 5. The molecule has 0 aromatic carbocycles. The van der Waals surface area contributed by atoms with Crippen molar-refractivity contribution in [3.05, 3.63) is 60.7 Å². The summed E-state index contributed by atoms with van der Waals surface area (Å²) in [5, 5.41) is 10.7. The molecule has 0 bridgehead atoms. The van der Waals surface area contributed by atoms with Crippen LogP contribution in [-0.2, 0) is 0 Å². The number of ether oxygens (including phenoxy) is 2. The van der Waals surface area contributed by atoms with Crippen LogP contribution in [0.2, 0.25) is 0 Å². The molecule has 2 aliphatic heterocycles. The van der Waals surface area contributed by atoms with Crippen molar-refractivity contribution in [2.75, 3.05) is 14.2 Å². The summed E-state index contributed by atoms with van der Waals surface area (Å²) in [4.78, 5) is 17.5. The maximum Gasteiger partial charge on any atom is 0.248 e. The summed E-state index contributed by atoms with van der Waals surface area (Å²) in [6, 6.07) is 7.18. The number of imidazole rings is 2. The van der Waals surface area contributed by atoms with Gasteiger partial charge in [-0.2, -0.15) is 0 Å². The average Bonchev–Trinajstić information content (AvgIpc) is 3.89. The van der Waals surface area contributed by atoms with Crippen molar-refractivity contribution in [1.29, 1.82) is 0 Å². The molecule has 3 atom stereocenters. The molecule has 2 saturated carbocycles. The summed E-state index contributed by atoms with van der Waals surface area (Å²) < 4.78 is 82.8. The molecule has 0 amide bonds. The van der Waals surface area contributed by atoms with Gasteiger partial charge in [0.1, 0.15) is 5.67 Å². The fourth-order valence-corrected chi connectivity index (χ4v) is 7.95. The molecule has 1 N–H and O–H groups in total. The zero-order valence-corrected chi connectivity index (χ0v) is 28.0. The summed E-state index contributed by atoms with van der Waals surface area (Å²) in [6.07, 6.45) is 7.06. The third-order valence-electron chi connectivity index (χ3n) is 10.9. The number of fused-ring (bicyclic) bond motifs is 6. The van der Waals surface area contributed by atoms with E-state index in [9.17, 15) is 27.1 Å². The lowest BCUT2D eigenvalue weighted by molar-refractivity contribution is -0.0782. The molecule has 0 radical (unpaired) electrons. The topological polar surface area (TPSA) is 100 Å². The van der Waals surface area contributed by atoms with Crippen molar-refractivity contribution < 1.29 is 36.5 Å². The number of alkyl halides is 5. The van der Waals surface area contributed by atoms with Gasteiger partial charge in [0, 0.05) is 55.4 Å². The van der Waals surface area contributed by atoms with Gasteiger partial charge in [-0.05, 0) is 56.6 Å². The molecular formula is C37H45F5N6O3. The molecule has 51 heavy (non-hydrogen) atoms. The normalized spacial score (nSPS) is 22.7. The molecule has 276 valence electrons. The number of methoxy groups -OCH3 is 2. The van der Waals surface area contributed by atoms with Crippen LogP contribution < -0.4 is 9.47 Å². The van der Waals surface area contributed by atoms with Gasteiger partial charge in [0.2, 0.25) is 23.6 Å². The number of aromatic nitrogens is 6. The Morgan fingerprint density at radius 1 is 0.745 bits per heavy atom. The third-order valence-corrected chi connectivity index (χ3v) is 10.9. The molecule has 8 rings (SSSR count). The monoisotopic (exact) mass is 716 g/mol. The Labute approximate surface area is 294 Å². The fraction of sp³-hybridized carbons (Fsp3) is 0.568. The summed E-state index contributed by atoms with van der Waals surface area (Å²) in [5.74, 6) is -4.37. The van der Waals surface area contributed by atoms with E-state index in [1.807, 2.05) is 21.3 Å². The Bertz CT molecular complexity index is 1810. The minimum absolute atomic E-state index is 0. The number of nitrogens with zero attached hydrogens (tertiary/aromatic N) is 6. The third kappa shape index (κ3) is 7.33. The number of aliphatic hydroxyl groups excluding tert-OH is 1. The minimum atomic E-state index is -2.72. The van der Waals surface area contributed by atoms with E-state index in [-0.39, 0.29) is 70.4 Å². The van der Waals surface area contributed by atoms with Crippen molar-refractivity contribution in [2.45, 2.75) is 114 Å². The molecule has 4 aromatic heterocycles. The van der Waals surface area contributed by atoms with E-state index in [1.165, 1.54) is 0 Å². The minimum Gasteiger partial charge on any atom is -0.481 e. The quantitative estimate of drug-likeness (QED) is 0.182. The molecular weight excluding hydrogens is 671 g/mol. The zero-order chi connectivity index (χ0) is 35.3. The Morgan fingerprint density at radius 3 is 1.76 bits per heavy atom. The highest BCUT2D eigenvalue weighted by Gasteiger charge is 2.44. The molecule has 14 heteroatoms. The Balaban J connectivity index is 0.000000172. The molecule has 2 fully saturated rings. The summed E-state index contributed by atoms with van der Waals surface area (Å²) in [6.45, 7) is 0. The van der Waals surface area contributed by atoms with Gasteiger partial charge in [-0.25, -0.2) is 41.9 Å². The number of hydrogen-bond donors (Lipinski definition) is 1. The predicted molar refractivity (Wildman–Crippen MR) is 181 cm³/mol. The molecule has 4 aliphatic rings. The average molecular weight is 717 g/mol. The van der Waals surface area contributed by atoms with Crippen LogP contribution in [-0.4, -0.2) is 72.0 Å². The van der Waals surface area contributed by atoms with Gasteiger partial charge in [0.15, 0.2) is 0 Å². The second-order valence-electron chi connectivity index (χ2n) is 14.0. The molecule has 6 heterocycles. The second-order valence-corrected chi connectivity index (χ2v) is 14.0. The summed E-state index contributed by atoms with van der Waals surface area (Å²) >= 11 is 0. The number of aliphatic hydroxyl groups is 1. The van der Waals surface area contributed by atoms with Crippen LogP contribution in [0.5, 0.6) is 11.8 Å². The van der Waals surface area contributed by atoms with E-state index in [2.05, 4.69) is 19.9 Å². The summed E-state index contributed by atoms with van der Waals surface area (Å²) in [7, 11) is 3.12. The van der Waals surface area contributed by atoms with E-state index < -0.39 is 23.6 Å². The summed E-state index contributed by atoms with van der Waals surface area (Å²) in [5.41, 5.74) is 4.00. The first-order chi connectivity index (χ1) is 23.9. The van der Waals surface area contributed by atoms with E-state index in [0.29, 0.717) is 37.4 Å². The highest BCUT2D eigenvalue weighted by atomic mass is 19.3. The van der Waals surface area contributed by atoms with Gasteiger partial charge in [0.05, 0.1) is 80.2 Å². The van der Waals surface area contributed by atoms with Crippen LogP contribution in [0.15, 0.2) is 49.3 Å². The molecule has 3 unspecified atom stereocenters. The molecule has 9 nitrogen and oxygen atoms in total. The fourth-order valence-electron chi connectivity index (χ4n) is 7.95. The van der Waals surface area contributed by atoms with Crippen molar-refractivity contribution in [3.63, 3.8) is 0 Å². The van der Waals surface area contributed by atoms with E-state index in [1.54, 1.807) is 51.4 Å². The molecule has 2 aliphatic carbocycles. The Morgan fingerprint density at radius 2 is 1.24 bits per heavy atom. The maximum atomic E-state index is 15.0. The number of rotatable bonds is 8. The Hall–Kier alpha value is -4.07. The predicted octanol–water partition coefficient (Wildman–Crippen LogP) is 8.62. The number of pyridine rings is 2. The largest absolute Gasteiger partial charge is 0.481 e. The van der Waals surface area contributed by atoms with Crippen LogP contribution in [0.1, 0.15) is 102 Å². The van der Waals surface area contributed by atoms with Crippen molar-refractivity contribution in [3.8, 4) is 34.3 Å². The highest BCUT2D eigenvalue weighted by molar-refractivity contribution is 5.68. The van der Waals surface area contributed by atoms with Crippen molar-refractivity contribution in [2.24, 2.45) is 5.92 Å². The molecule has 4 aromatic rings. The second kappa shape index (κ2) is 14.2. The lowest BCUT2D eigenvalue weighted by Gasteiger charge is -2.34. The van der Waals surface area contributed by atoms with E-state index >= 15 is 0 Å². The zero-order valence-electron chi connectivity index (χ0n) is 28.0. The SMILES string of the molecule is C.COc1ccc2c(n1)C(CC(O)C1CCC(F)(F)CC1)n1cncc1-2.COc1ccc2c(n1)C(CCC1(F)CCC(F)(F)CC1)n1cncc1-2. The lowest BCUT2D eigenvalue weighted by atomic mass is 9.80. The van der Waals surface area contributed by atoms with Gasteiger partial charge in [-0.15, -0.1) is 0 Å².